The first-order chi connectivity index (χ1) is 17.5. The van der Waals surface area contributed by atoms with Crippen LogP contribution in [0, 0.1) is 10.9 Å². The molecular weight excluding hydrogens is 484 g/mol. The molecule has 11 heteroatoms. The third-order valence-corrected chi connectivity index (χ3v) is 6.67. The molecule has 3 N–H and O–H groups in total. The van der Waals surface area contributed by atoms with E-state index < -0.39 is 5.82 Å². The Hall–Kier alpha value is -4.51. The molecule has 0 saturated carbocycles. The fourth-order valence-electron chi connectivity index (χ4n) is 4.03. The number of carbonyl (C=O) groups is 1. The van der Waals surface area contributed by atoms with Crippen molar-refractivity contribution in [2.45, 2.75) is 13.3 Å². The van der Waals surface area contributed by atoms with Gasteiger partial charge in [-0.3, -0.25) is 14.9 Å². The monoisotopic (exact) mass is 501 g/mol. The quantitative estimate of drug-likeness (QED) is 0.272. The van der Waals surface area contributed by atoms with Crippen LogP contribution in [0.5, 0.6) is 0 Å². The highest BCUT2D eigenvalue weighted by molar-refractivity contribution is 7.14. The molecule has 0 atom stereocenters. The molecule has 0 bridgehead atoms. The molecule has 1 aromatic carbocycles. The lowest BCUT2D eigenvalue weighted by Gasteiger charge is -2.08. The van der Waals surface area contributed by atoms with Crippen molar-refractivity contribution in [2.24, 2.45) is 0 Å². The standard InChI is InChI=1S/C25H17F2N7OS/c1-2-21(35)30-13-7-12(10-28-11-13)15-8-16-18(9-17(15)26)33-34-23(16)25-31-22-14(5-6-29-24(22)32-25)19-3-4-20(27)36-19/h3-11H,2H2,1H3,(H,30,35)(H,33,34)(H,29,31,32). The molecule has 0 aliphatic carbocycles. The molecule has 5 heterocycles. The summed E-state index contributed by atoms with van der Waals surface area (Å²) in [7, 11) is 0. The Labute approximate surface area is 206 Å². The number of thiophene rings is 1. The van der Waals surface area contributed by atoms with E-state index in [1.165, 1.54) is 24.5 Å². The second kappa shape index (κ2) is 8.61. The second-order valence-electron chi connectivity index (χ2n) is 8.06. The van der Waals surface area contributed by atoms with Gasteiger partial charge in [-0.05, 0) is 30.3 Å². The summed E-state index contributed by atoms with van der Waals surface area (Å²) in [4.78, 5) is 28.8. The van der Waals surface area contributed by atoms with Gasteiger partial charge in [-0.1, -0.05) is 6.92 Å². The van der Waals surface area contributed by atoms with E-state index in [-0.39, 0.29) is 11.0 Å². The predicted octanol–water partition coefficient (Wildman–Crippen LogP) is 5.92. The van der Waals surface area contributed by atoms with Crippen LogP contribution in [0.2, 0.25) is 0 Å². The Morgan fingerprint density at radius 3 is 2.81 bits per heavy atom. The van der Waals surface area contributed by atoms with Crippen molar-refractivity contribution in [3.8, 4) is 33.1 Å². The number of hydrogen-bond acceptors (Lipinski definition) is 6. The lowest BCUT2D eigenvalue weighted by molar-refractivity contribution is -0.115. The van der Waals surface area contributed by atoms with Gasteiger partial charge in [-0.25, -0.2) is 14.4 Å². The Morgan fingerprint density at radius 2 is 2.00 bits per heavy atom. The molecule has 1 amide bonds. The summed E-state index contributed by atoms with van der Waals surface area (Å²) < 4.78 is 28.7. The number of nitrogens with zero attached hydrogens (tertiary/aromatic N) is 4. The van der Waals surface area contributed by atoms with Crippen LogP contribution < -0.4 is 5.32 Å². The minimum atomic E-state index is -0.466. The van der Waals surface area contributed by atoms with E-state index in [1.54, 1.807) is 37.4 Å². The molecule has 0 aliphatic heterocycles. The Kier molecular flexibility index (Phi) is 5.26. The third kappa shape index (κ3) is 3.79. The first-order valence-electron chi connectivity index (χ1n) is 11.0. The molecule has 0 aliphatic rings. The van der Waals surface area contributed by atoms with Crippen molar-refractivity contribution < 1.29 is 13.6 Å². The summed E-state index contributed by atoms with van der Waals surface area (Å²) in [5, 5.41) is 10.3. The molecular formula is C25H17F2N7OS. The lowest BCUT2D eigenvalue weighted by Crippen LogP contribution is -2.09. The minimum absolute atomic E-state index is 0.162. The van der Waals surface area contributed by atoms with Gasteiger partial charge < -0.3 is 10.3 Å². The molecule has 8 nitrogen and oxygen atoms in total. The van der Waals surface area contributed by atoms with E-state index in [4.69, 9.17) is 0 Å². The topological polar surface area (TPSA) is 112 Å². The number of H-pyrrole nitrogens is 2. The molecule has 0 unspecified atom stereocenters. The average molecular weight is 502 g/mol. The number of fused-ring (bicyclic) bond motifs is 2. The minimum Gasteiger partial charge on any atom is -0.335 e. The Morgan fingerprint density at radius 1 is 1.11 bits per heavy atom. The van der Waals surface area contributed by atoms with E-state index in [0.717, 1.165) is 21.8 Å². The van der Waals surface area contributed by atoms with Gasteiger partial charge in [-0.15, -0.1) is 11.3 Å². The van der Waals surface area contributed by atoms with Crippen LogP contribution in [0.3, 0.4) is 0 Å². The number of halogens is 2. The highest BCUT2D eigenvalue weighted by Gasteiger charge is 2.19. The van der Waals surface area contributed by atoms with Crippen molar-refractivity contribution >= 4 is 45.0 Å². The Bertz CT molecular complexity index is 1770. The summed E-state index contributed by atoms with van der Waals surface area (Å²) in [6.45, 7) is 1.75. The van der Waals surface area contributed by atoms with Gasteiger partial charge in [0.25, 0.3) is 0 Å². The zero-order valence-electron chi connectivity index (χ0n) is 18.8. The number of carbonyl (C=O) groups excluding carboxylic acids is 1. The van der Waals surface area contributed by atoms with E-state index in [2.05, 4.69) is 35.5 Å². The number of aromatic nitrogens is 6. The van der Waals surface area contributed by atoms with E-state index in [1.807, 2.05) is 0 Å². The third-order valence-electron chi connectivity index (χ3n) is 5.76. The van der Waals surface area contributed by atoms with Crippen LogP contribution >= 0.6 is 11.3 Å². The molecule has 5 aromatic heterocycles. The summed E-state index contributed by atoms with van der Waals surface area (Å²) in [6, 6.07) is 9.62. The summed E-state index contributed by atoms with van der Waals surface area (Å²) >= 11 is 1.03. The largest absolute Gasteiger partial charge is 0.335 e. The van der Waals surface area contributed by atoms with Crippen molar-refractivity contribution in [2.75, 3.05) is 5.32 Å². The zero-order valence-corrected chi connectivity index (χ0v) is 19.6. The maximum atomic E-state index is 15.1. The smallest absolute Gasteiger partial charge is 0.224 e. The highest BCUT2D eigenvalue weighted by atomic mass is 32.1. The number of benzene rings is 1. The number of imidazole rings is 1. The van der Waals surface area contributed by atoms with E-state index in [9.17, 15) is 9.18 Å². The number of hydrogen-bond donors (Lipinski definition) is 3. The summed E-state index contributed by atoms with van der Waals surface area (Å²) in [5.41, 5.74) is 4.13. The fraction of sp³-hybridized carbons (Fsp3) is 0.0800. The van der Waals surface area contributed by atoms with Crippen molar-refractivity contribution in [1.29, 1.82) is 0 Å². The lowest BCUT2D eigenvalue weighted by atomic mass is 10.0. The molecule has 36 heavy (non-hydrogen) atoms. The van der Waals surface area contributed by atoms with Gasteiger partial charge in [0.15, 0.2) is 16.6 Å². The number of aromatic amines is 2. The van der Waals surface area contributed by atoms with Gasteiger partial charge >= 0.3 is 0 Å². The first kappa shape index (κ1) is 22.0. The molecule has 6 rings (SSSR count). The maximum Gasteiger partial charge on any atom is 0.224 e. The number of pyridine rings is 2. The molecule has 0 saturated heterocycles. The van der Waals surface area contributed by atoms with Crippen molar-refractivity contribution in [3.63, 3.8) is 0 Å². The number of amides is 1. The average Bonchev–Trinajstić information content (AvgIpc) is 3.60. The van der Waals surface area contributed by atoms with Gasteiger partial charge in [-0.2, -0.15) is 9.49 Å². The SMILES string of the molecule is CCC(=O)Nc1cncc(-c2cc3c(-c4nc5nccc(-c6ccc(F)s6)c5[nH]4)n[nH]c3cc2F)c1. The Balaban J connectivity index is 1.46. The number of anilines is 1. The maximum absolute atomic E-state index is 15.1. The number of nitrogens with one attached hydrogen (secondary N) is 3. The van der Waals surface area contributed by atoms with Crippen molar-refractivity contribution in [3.05, 3.63) is 65.9 Å². The zero-order chi connectivity index (χ0) is 24.8. The highest BCUT2D eigenvalue weighted by Crippen LogP contribution is 2.35. The van der Waals surface area contributed by atoms with Crippen LogP contribution in [0.1, 0.15) is 13.3 Å². The van der Waals surface area contributed by atoms with E-state index in [0.29, 0.717) is 56.8 Å². The van der Waals surface area contributed by atoms with Crippen LogP contribution in [-0.4, -0.2) is 36.0 Å². The van der Waals surface area contributed by atoms with Crippen LogP contribution in [0.4, 0.5) is 14.5 Å². The predicted molar refractivity (Wildman–Crippen MR) is 134 cm³/mol. The molecule has 0 spiro atoms. The summed E-state index contributed by atoms with van der Waals surface area (Å²) in [5.74, 6) is -0.190. The van der Waals surface area contributed by atoms with Gasteiger partial charge in [0.1, 0.15) is 11.5 Å². The van der Waals surface area contributed by atoms with Crippen LogP contribution in [0.15, 0.2) is 55.0 Å². The normalized spacial score (nSPS) is 11.4. The van der Waals surface area contributed by atoms with Gasteiger partial charge in [0, 0.05) is 51.8 Å². The first-order valence-corrected chi connectivity index (χ1v) is 11.9. The van der Waals surface area contributed by atoms with E-state index >= 15 is 4.39 Å². The van der Waals surface area contributed by atoms with Gasteiger partial charge in [0.2, 0.25) is 5.91 Å². The molecule has 0 radical (unpaired) electrons. The molecule has 178 valence electrons. The fourth-order valence-corrected chi connectivity index (χ4v) is 4.79. The van der Waals surface area contributed by atoms with Crippen molar-refractivity contribution in [1.82, 2.24) is 30.1 Å². The summed E-state index contributed by atoms with van der Waals surface area (Å²) in [6.07, 6.45) is 4.98. The van der Waals surface area contributed by atoms with Crippen LogP contribution in [0.25, 0.3) is 55.2 Å². The second-order valence-corrected chi connectivity index (χ2v) is 9.09. The number of rotatable bonds is 5. The molecule has 0 fully saturated rings. The van der Waals surface area contributed by atoms with Gasteiger partial charge in [0.05, 0.1) is 22.9 Å². The van der Waals surface area contributed by atoms with Crippen LogP contribution in [-0.2, 0) is 4.79 Å². The molecule has 6 aromatic rings.